The van der Waals surface area contributed by atoms with Gasteiger partial charge in [-0.2, -0.15) is 0 Å². The van der Waals surface area contributed by atoms with Crippen molar-refractivity contribution in [1.82, 2.24) is 0 Å². The molecule has 0 bridgehead atoms. The lowest BCUT2D eigenvalue weighted by molar-refractivity contribution is -0.114. The minimum absolute atomic E-state index is 0.0896. The fourth-order valence-electron chi connectivity index (χ4n) is 2.31. The lowest BCUT2D eigenvalue weighted by Crippen LogP contribution is -2.22. The highest BCUT2D eigenvalue weighted by molar-refractivity contribution is 5.94. The van der Waals surface area contributed by atoms with Crippen LogP contribution in [0.1, 0.15) is 18.1 Å². The molecule has 0 aromatic heterocycles. The number of hydrogen-bond donors (Lipinski definition) is 2. The normalized spacial score (nSPS) is 10.1. The van der Waals surface area contributed by atoms with E-state index in [9.17, 15) is 4.79 Å². The third-order valence-electron chi connectivity index (χ3n) is 3.53. The zero-order valence-electron chi connectivity index (χ0n) is 14.5. The van der Waals surface area contributed by atoms with E-state index in [4.69, 9.17) is 4.74 Å². The van der Waals surface area contributed by atoms with Crippen molar-refractivity contribution >= 4 is 17.3 Å². The first-order valence-corrected chi connectivity index (χ1v) is 7.93. The highest BCUT2D eigenvalue weighted by atomic mass is 16.5. The van der Waals surface area contributed by atoms with E-state index >= 15 is 0 Å². The van der Waals surface area contributed by atoms with Crippen molar-refractivity contribution in [2.24, 2.45) is 0 Å². The molecule has 0 saturated carbocycles. The van der Waals surface area contributed by atoms with Gasteiger partial charge < -0.3 is 15.4 Å². The number of benzene rings is 2. The number of amides is 1. The monoisotopic (exact) mass is 324 g/mol. The Morgan fingerprint density at radius 2 is 1.71 bits per heavy atom. The average Bonchev–Trinajstić information content (AvgIpc) is 2.53. The number of rotatable bonds is 7. The summed E-state index contributed by atoms with van der Waals surface area (Å²) in [6.45, 7) is 10.5. The molecule has 0 atom stereocenters. The van der Waals surface area contributed by atoms with Crippen LogP contribution in [-0.2, 0) is 4.79 Å². The number of anilines is 2. The summed E-state index contributed by atoms with van der Waals surface area (Å²) in [4.78, 5) is 12.1. The van der Waals surface area contributed by atoms with Crippen molar-refractivity contribution in [1.29, 1.82) is 0 Å². The fourth-order valence-corrected chi connectivity index (χ4v) is 2.31. The molecule has 4 nitrogen and oxygen atoms in total. The van der Waals surface area contributed by atoms with Crippen LogP contribution in [0, 0.1) is 13.8 Å². The molecule has 2 aromatic carbocycles. The van der Waals surface area contributed by atoms with E-state index in [1.54, 1.807) is 0 Å². The van der Waals surface area contributed by atoms with Crippen LogP contribution in [-0.4, -0.2) is 19.1 Å². The maximum Gasteiger partial charge on any atom is 0.243 e. The first-order chi connectivity index (χ1) is 11.5. The molecule has 0 fully saturated rings. The lowest BCUT2D eigenvalue weighted by Gasteiger charge is -2.13. The van der Waals surface area contributed by atoms with Crippen LogP contribution in [0.4, 0.5) is 11.4 Å². The van der Waals surface area contributed by atoms with Gasteiger partial charge in [0.1, 0.15) is 12.4 Å². The van der Waals surface area contributed by atoms with Crippen LogP contribution in [0.5, 0.6) is 5.75 Å². The summed E-state index contributed by atoms with van der Waals surface area (Å²) in [6.07, 6.45) is 0. The molecule has 126 valence electrons. The van der Waals surface area contributed by atoms with Gasteiger partial charge in [-0.3, -0.25) is 4.79 Å². The summed E-state index contributed by atoms with van der Waals surface area (Å²) in [5.41, 5.74) is 4.97. The van der Waals surface area contributed by atoms with Gasteiger partial charge in [0.15, 0.2) is 0 Å². The van der Waals surface area contributed by atoms with E-state index in [1.165, 1.54) is 0 Å². The fraction of sp³-hybridized carbons (Fsp3) is 0.250. The van der Waals surface area contributed by atoms with Gasteiger partial charge in [0, 0.05) is 11.4 Å². The summed E-state index contributed by atoms with van der Waals surface area (Å²) < 4.78 is 5.53. The second-order valence-electron chi connectivity index (χ2n) is 5.94. The Morgan fingerprint density at radius 1 is 1.08 bits per heavy atom. The smallest absolute Gasteiger partial charge is 0.243 e. The SMILES string of the molecule is C=C(C)COc1ccc(NC(=O)CNc2c(C)cccc2C)cc1. The van der Waals surface area contributed by atoms with Gasteiger partial charge in [0.25, 0.3) is 0 Å². The van der Waals surface area contributed by atoms with Gasteiger partial charge in [-0.25, -0.2) is 0 Å². The Bertz CT molecular complexity index is 701. The van der Waals surface area contributed by atoms with Crippen molar-refractivity contribution in [3.05, 3.63) is 65.7 Å². The molecule has 4 heteroatoms. The number of para-hydroxylation sites is 1. The second kappa shape index (κ2) is 8.20. The molecular weight excluding hydrogens is 300 g/mol. The quantitative estimate of drug-likeness (QED) is 0.746. The van der Waals surface area contributed by atoms with Crippen molar-refractivity contribution in [2.75, 3.05) is 23.8 Å². The minimum atomic E-state index is -0.0896. The van der Waals surface area contributed by atoms with Gasteiger partial charge in [0.05, 0.1) is 6.54 Å². The minimum Gasteiger partial charge on any atom is -0.489 e. The molecule has 0 radical (unpaired) electrons. The summed E-state index contributed by atoms with van der Waals surface area (Å²) in [5, 5.41) is 6.07. The van der Waals surface area contributed by atoms with Gasteiger partial charge in [-0.1, -0.05) is 24.8 Å². The van der Waals surface area contributed by atoms with Gasteiger partial charge in [-0.15, -0.1) is 0 Å². The van der Waals surface area contributed by atoms with Gasteiger partial charge in [-0.05, 0) is 61.7 Å². The number of ether oxygens (including phenoxy) is 1. The third kappa shape index (κ3) is 5.16. The first kappa shape index (κ1) is 17.6. The van der Waals surface area contributed by atoms with Crippen LogP contribution in [0.2, 0.25) is 0 Å². The molecule has 0 aliphatic rings. The molecule has 2 rings (SSSR count). The van der Waals surface area contributed by atoms with Crippen LogP contribution in [0.25, 0.3) is 0 Å². The second-order valence-corrected chi connectivity index (χ2v) is 5.94. The molecule has 2 aromatic rings. The van der Waals surface area contributed by atoms with Crippen LogP contribution in [0.3, 0.4) is 0 Å². The summed E-state index contributed by atoms with van der Waals surface area (Å²) in [6, 6.07) is 13.4. The molecule has 2 N–H and O–H groups in total. The Balaban J connectivity index is 1.87. The topological polar surface area (TPSA) is 50.4 Å². The van der Waals surface area contributed by atoms with E-state index < -0.39 is 0 Å². The standard InChI is InChI=1S/C20H24N2O2/c1-14(2)13-24-18-10-8-17(9-11-18)22-19(23)12-21-20-15(3)6-5-7-16(20)4/h5-11,21H,1,12-13H2,2-4H3,(H,22,23). The van der Waals surface area contributed by atoms with E-state index in [0.717, 1.165) is 33.8 Å². The molecule has 0 unspecified atom stereocenters. The highest BCUT2D eigenvalue weighted by Crippen LogP contribution is 2.19. The predicted molar refractivity (Wildman–Crippen MR) is 99.8 cm³/mol. The van der Waals surface area contributed by atoms with E-state index in [2.05, 4.69) is 17.2 Å². The third-order valence-corrected chi connectivity index (χ3v) is 3.53. The average molecular weight is 324 g/mol. The molecule has 1 amide bonds. The maximum absolute atomic E-state index is 12.1. The molecule has 0 saturated heterocycles. The van der Waals surface area contributed by atoms with Gasteiger partial charge >= 0.3 is 0 Å². The number of aryl methyl sites for hydroxylation is 2. The summed E-state index contributed by atoms with van der Waals surface area (Å²) >= 11 is 0. The zero-order chi connectivity index (χ0) is 17.5. The lowest BCUT2D eigenvalue weighted by atomic mass is 10.1. The van der Waals surface area contributed by atoms with Crippen LogP contribution < -0.4 is 15.4 Å². The number of hydrogen-bond acceptors (Lipinski definition) is 3. The van der Waals surface area contributed by atoms with Crippen LogP contribution in [0.15, 0.2) is 54.6 Å². The Kier molecular flexibility index (Phi) is 6.01. The molecule has 0 aliphatic carbocycles. The molecule has 24 heavy (non-hydrogen) atoms. The number of nitrogens with one attached hydrogen (secondary N) is 2. The van der Waals surface area contributed by atoms with E-state index in [1.807, 2.05) is 63.2 Å². The maximum atomic E-state index is 12.1. The molecule has 0 heterocycles. The predicted octanol–water partition coefficient (Wildman–Crippen LogP) is 4.31. The van der Waals surface area contributed by atoms with Crippen molar-refractivity contribution in [3.8, 4) is 5.75 Å². The summed E-state index contributed by atoms with van der Waals surface area (Å²) in [5.74, 6) is 0.665. The van der Waals surface area contributed by atoms with E-state index in [0.29, 0.717) is 6.61 Å². The number of carbonyl (C=O) groups excluding carboxylic acids is 1. The molecular formula is C20H24N2O2. The van der Waals surface area contributed by atoms with Crippen LogP contribution >= 0.6 is 0 Å². The highest BCUT2D eigenvalue weighted by Gasteiger charge is 2.06. The van der Waals surface area contributed by atoms with Crippen molar-refractivity contribution in [2.45, 2.75) is 20.8 Å². The van der Waals surface area contributed by atoms with Gasteiger partial charge in [0.2, 0.25) is 5.91 Å². The van der Waals surface area contributed by atoms with Crippen molar-refractivity contribution < 1.29 is 9.53 Å². The Morgan fingerprint density at radius 3 is 2.29 bits per heavy atom. The summed E-state index contributed by atoms with van der Waals surface area (Å²) in [7, 11) is 0. The zero-order valence-corrected chi connectivity index (χ0v) is 14.5. The molecule has 0 aliphatic heterocycles. The van der Waals surface area contributed by atoms with Crippen molar-refractivity contribution in [3.63, 3.8) is 0 Å². The number of carbonyl (C=O) groups is 1. The van der Waals surface area contributed by atoms with E-state index in [-0.39, 0.29) is 12.5 Å². The Labute approximate surface area is 143 Å². The Hall–Kier alpha value is -2.75. The molecule has 0 spiro atoms. The first-order valence-electron chi connectivity index (χ1n) is 7.93. The largest absolute Gasteiger partial charge is 0.489 e.